The molecule has 0 aliphatic carbocycles. The summed E-state index contributed by atoms with van der Waals surface area (Å²) in [7, 11) is 0. The average molecular weight is 430 g/mol. The third kappa shape index (κ3) is 3.33. The predicted octanol–water partition coefficient (Wildman–Crippen LogP) is 4.53. The number of fused-ring (bicyclic) bond motifs is 2. The van der Waals surface area contributed by atoms with E-state index in [2.05, 4.69) is 11.4 Å². The summed E-state index contributed by atoms with van der Waals surface area (Å²) < 4.78 is 8.32. The summed E-state index contributed by atoms with van der Waals surface area (Å²) in [6.45, 7) is 4.50. The number of aryl methyl sites for hydroxylation is 1. The van der Waals surface area contributed by atoms with E-state index in [-0.39, 0.29) is 11.8 Å². The molecule has 1 amide bonds. The van der Waals surface area contributed by atoms with Crippen LogP contribution in [-0.4, -0.2) is 27.3 Å². The molecule has 0 spiro atoms. The van der Waals surface area contributed by atoms with Crippen molar-refractivity contribution in [2.45, 2.75) is 26.2 Å². The smallest absolute Gasteiger partial charge is 0.226 e. The van der Waals surface area contributed by atoms with Crippen LogP contribution in [0.25, 0.3) is 15.3 Å². The van der Waals surface area contributed by atoms with E-state index in [4.69, 9.17) is 20.1 Å². The molecule has 0 bridgehead atoms. The number of aromatic nitrogens is 3. The minimum atomic E-state index is -0.121. The molecular formula is C23H19N5O2S. The average Bonchev–Trinajstić information content (AvgIpc) is 3.34. The lowest BCUT2D eigenvalue weighted by atomic mass is 9.85. The minimum Gasteiger partial charge on any atom is -0.494 e. The van der Waals surface area contributed by atoms with Crippen molar-refractivity contribution in [2.24, 2.45) is 0 Å². The fourth-order valence-corrected chi connectivity index (χ4v) is 4.95. The zero-order valence-corrected chi connectivity index (χ0v) is 17.9. The van der Waals surface area contributed by atoms with E-state index in [9.17, 15) is 4.79 Å². The number of ether oxygens (including phenoxy) is 1. The van der Waals surface area contributed by atoms with E-state index < -0.39 is 0 Å². The highest BCUT2D eigenvalue weighted by Crippen LogP contribution is 2.41. The molecule has 1 atom stereocenters. The lowest BCUT2D eigenvalue weighted by Gasteiger charge is -2.24. The summed E-state index contributed by atoms with van der Waals surface area (Å²) in [6.07, 6.45) is 0.336. The quantitative estimate of drug-likeness (QED) is 0.514. The number of amides is 1. The Balaban J connectivity index is 1.60. The van der Waals surface area contributed by atoms with Crippen molar-refractivity contribution in [3.8, 4) is 17.0 Å². The Morgan fingerprint density at radius 2 is 2.10 bits per heavy atom. The van der Waals surface area contributed by atoms with Gasteiger partial charge in [0.2, 0.25) is 11.0 Å². The first-order valence-corrected chi connectivity index (χ1v) is 10.8. The van der Waals surface area contributed by atoms with Crippen LogP contribution in [0, 0.1) is 18.3 Å². The number of carbonyl (C=O) groups excluding carboxylic acids is 1. The molecule has 8 heteroatoms. The van der Waals surface area contributed by atoms with E-state index >= 15 is 0 Å². The SMILES string of the molecule is CCOc1ccc2nc(-n3nc(C)c4c3NC(=O)CC4c3ccc(C#N)cc3)sc2c1. The van der Waals surface area contributed by atoms with Crippen LogP contribution < -0.4 is 10.1 Å². The fourth-order valence-electron chi connectivity index (χ4n) is 4.00. The first-order chi connectivity index (χ1) is 15.1. The lowest BCUT2D eigenvalue weighted by molar-refractivity contribution is -0.116. The van der Waals surface area contributed by atoms with E-state index in [0.29, 0.717) is 29.5 Å². The van der Waals surface area contributed by atoms with E-state index in [1.807, 2.05) is 44.2 Å². The molecule has 1 N–H and O–H groups in total. The Hall–Kier alpha value is -3.70. The van der Waals surface area contributed by atoms with Crippen molar-refractivity contribution in [1.29, 1.82) is 5.26 Å². The maximum absolute atomic E-state index is 12.6. The molecule has 1 unspecified atom stereocenters. The van der Waals surface area contributed by atoms with Crippen molar-refractivity contribution >= 4 is 33.3 Å². The van der Waals surface area contributed by atoms with Gasteiger partial charge in [0.1, 0.15) is 11.6 Å². The van der Waals surface area contributed by atoms with Crippen LogP contribution in [-0.2, 0) is 4.79 Å². The zero-order chi connectivity index (χ0) is 21.5. The second-order valence-electron chi connectivity index (χ2n) is 7.36. The van der Waals surface area contributed by atoms with Crippen molar-refractivity contribution in [1.82, 2.24) is 14.8 Å². The molecule has 3 heterocycles. The van der Waals surface area contributed by atoms with Gasteiger partial charge in [0.15, 0.2) is 0 Å². The van der Waals surface area contributed by atoms with Crippen molar-refractivity contribution < 1.29 is 9.53 Å². The molecule has 0 radical (unpaired) electrons. The third-order valence-electron chi connectivity index (χ3n) is 5.39. The molecule has 0 saturated carbocycles. The van der Waals surface area contributed by atoms with Gasteiger partial charge in [-0.1, -0.05) is 23.5 Å². The van der Waals surface area contributed by atoms with Gasteiger partial charge in [0, 0.05) is 17.9 Å². The number of hydrogen-bond acceptors (Lipinski definition) is 6. The van der Waals surface area contributed by atoms with E-state index in [1.54, 1.807) is 16.8 Å². The normalized spacial score (nSPS) is 15.4. The first kappa shape index (κ1) is 19.3. The van der Waals surface area contributed by atoms with Crippen LogP contribution in [0.2, 0.25) is 0 Å². The molecule has 1 aliphatic rings. The standard InChI is InChI=1S/C23H19N5O2S/c1-3-30-16-8-9-18-19(10-16)31-23(25-18)28-22-21(13(2)27-28)17(11-20(29)26-22)15-6-4-14(12-24)5-7-15/h4-10,17H,3,11H2,1-2H3,(H,26,29). The number of nitrogens with one attached hydrogen (secondary N) is 1. The van der Waals surface area contributed by atoms with Gasteiger partial charge >= 0.3 is 0 Å². The van der Waals surface area contributed by atoms with E-state index in [1.165, 1.54) is 11.3 Å². The number of carbonyl (C=O) groups is 1. The van der Waals surface area contributed by atoms with Gasteiger partial charge in [-0.3, -0.25) is 4.79 Å². The molecule has 5 rings (SSSR count). The first-order valence-electron chi connectivity index (χ1n) is 10.0. The Bertz CT molecular complexity index is 1350. The second-order valence-corrected chi connectivity index (χ2v) is 8.37. The monoisotopic (exact) mass is 429 g/mol. The highest BCUT2D eigenvalue weighted by Gasteiger charge is 2.33. The Kier molecular flexibility index (Phi) is 4.68. The molecule has 7 nitrogen and oxygen atoms in total. The highest BCUT2D eigenvalue weighted by atomic mass is 32.1. The van der Waals surface area contributed by atoms with Gasteiger partial charge in [-0.2, -0.15) is 15.0 Å². The van der Waals surface area contributed by atoms with Crippen LogP contribution in [0.4, 0.5) is 5.82 Å². The molecule has 4 aromatic rings. The number of benzene rings is 2. The van der Waals surface area contributed by atoms with Gasteiger partial charge < -0.3 is 10.1 Å². The zero-order valence-electron chi connectivity index (χ0n) is 17.0. The summed E-state index contributed by atoms with van der Waals surface area (Å²) in [5, 5.41) is 17.5. The third-order valence-corrected chi connectivity index (χ3v) is 6.38. The van der Waals surface area contributed by atoms with E-state index in [0.717, 1.165) is 32.8 Å². The van der Waals surface area contributed by atoms with Gasteiger partial charge in [-0.15, -0.1) is 0 Å². The molecule has 154 valence electrons. The summed E-state index contributed by atoms with van der Waals surface area (Å²) in [5.74, 6) is 1.28. The molecule has 31 heavy (non-hydrogen) atoms. The van der Waals surface area contributed by atoms with Crippen LogP contribution in [0.15, 0.2) is 42.5 Å². The number of thiazole rings is 1. The summed E-state index contributed by atoms with van der Waals surface area (Å²) in [4.78, 5) is 17.3. The van der Waals surface area contributed by atoms with Gasteiger partial charge in [-0.25, -0.2) is 4.98 Å². The van der Waals surface area contributed by atoms with Crippen LogP contribution in [0.3, 0.4) is 0 Å². The maximum Gasteiger partial charge on any atom is 0.226 e. The second kappa shape index (κ2) is 7.52. The molecule has 1 aliphatic heterocycles. The predicted molar refractivity (Wildman–Crippen MR) is 119 cm³/mol. The van der Waals surface area contributed by atoms with Crippen molar-refractivity contribution in [2.75, 3.05) is 11.9 Å². The number of rotatable bonds is 4. The Morgan fingerprint density at radius 3 is 2.84 bits per heavy atom. The highest BCUT2D eigenvalue weighted by molar-refractivity contribution is 7.20. The number of nitriles is 1. The van der Waals surface area contributed by atoms with Crippen LogP contribution >= 0.6 is 11.3 Å². The fraction of sp³-hybridized carbons (Fsp3) is 0.217. The number of nitrogens with zero attached hydrogens (tertiary/aromatic N) is 4. The van der Waals surface area contributed by atoms with Gasteiger partial charge in [0.25, 0.3) is 0 Å². The minimum absolute atomic E-state index is 0.0669. The lowest BCUT2D eigenvalue weighted by Crippen LogP contribution is -2.24. The molecular weight excluding hydrogens is 410 g/mol. The summed E-state index contributed by atoms with van der Waals surface area (Å²) in [5.41, 5.74) is 4.27. The van der Waals surface area contributed by atoms with Crippen LogP contribution in [0.1, 0.15) is 41.6 Å². The molecule has 0 fully saturated rings. The Labute approximate surface area is 182 Å². The van der Waals surface area contributed by atoms with Crippen molar-refractivity contribution in [3.05, 3.63) is 64.8 Å². The Morgan fingerprint density at radius 1 is 1.29 bits per heavy atom. The maximum atomic E-state index is 12.6. The molecule has 0 saturated heterocycles. The molecule has 2 aromatic carbocycles. The van der Waals surface area contributed by atoms with Gasteiger partial charge in [0.05, 0.1) is 34.2 Å². The van der Waals surface area contributed by atoms with Crippen LogP contribution in [0.5, 0.6) is 5.75 Å². The molecule has 2 aromatic heterocycles. The number of anilines is 1. The topological polar surface area (TPSA) is 92.8 Å². The van der Waals surface area contributed by atoms with Gasteiger partial charge in [-0.05, 0) is 49.7 Å². The number of hydrogen-bond donors (Lipinski definition) is 1. The largest absolute Gasteiger partial charge is 0.494 e. The summed E-state index contributed by atoms with van der Waals surface area (Å²) >= 11 is 1.50. The van der Waals surface area contributed by atoms with Crippen molar-refractivity contribution in [3.63, 3.8) is 0 Å². The summed E-state index contributed by atoms with van der Waals surface area (Å²) in [6, 6.07) is 15.3.